The summed E-state index contributed by atoms with van der Waals surface area (Å²) in [6.07, 6.45) is 0.859. The first kappa shape index (κ1) is 16.7. The Labute approximate surface area is 146 Å². The van der Waals surface area contributed by atoms with E-state index in [1.165, 1.54) is 29.0 Å². The van der Waals surface area contributed by atoms with Crippen molar-refractivity contribution in [2.45, 2.75) is 33.7 Å². The maximum Gasteiger partial charge on any atom is 0.190 e. The molecule has 24 heavy (non-hydrogen) atoms. The molecule has 2 aromatic carbocycles. The summed E-state index contributed by atoms with van der Waals surface area (Å²) in [6.45, 7) is 7.12. The van der Waals surface area contributed by atoms with Crippen molar-refractivity contribution in [3.8, 4) is 0 Å². The molecule has 3 aromatic rings. The molecule has 4 heteroatoms. The van der Waals surface area contributed by atoms with E-state index >= 15 is 0 Å². The largest absolute Gasteiger partial charge is 0.321 e. The molecule has 0 aliphatic heterocycles. The van der Waals surface area contributed by atoms with Crippen LogP contribution in [-0.4, -0.2) is 4.57 Å². The molecule has 1 aromatic heterocycles. The van der Waals surface area contributed by atoms with Crippen LogP contribution >= 0.6 is 11.3 Å². The average molecular weight is 340 g/mol. The third kappa shape index (κ3) is 4.01. The van der Waals surface area contributed by atoms with Crippen LogP contribution in [0.4, 0.5) is 10.1 Å². The Morgan fingerprint density at radius 1 is 1.00 bits per heavy atom. The Morgan fingerprint density at radius 3 is 2.33 bits per heavy atom. The van der Waals surface area contributed by atoms with Gasteiger partial charge in [0.25, 0.3) is 0 Å². The zero-order valence-electron chi connectivity index (χ0n) is 14.2. The minimum absolute atomic E-state index is 0.191. The van der Waals surface area contributed by atoms with Gasteiger partial charge in [0, 0.05) is 17.6 Å². The van der Waals surface area contributed by atoms with Gasteiger partial charge in [0.1, 0.15) is 5.82 Å². The third-order valence-corrected chi connectivity index (χ3v) is 4.94. The van der Waals surface area contributed by atoms with Crippen molar-refractivity contribution in [3.05, 3.63) is 80.8 Å². The van der Waals surface area contributed by atoms with Crippen LogP contribution in [0, 0.1) is 26.6 Å². The maximum absolute atomic E-state index is 13.0. The molecular weight excluding hydrogens is 319 g/mol. The Bertz CT molecular complexity index is 884. The number of aromatic nitrogens is 1. The number of nitrogens with zero attached hydrogens (tertiary/aromatic N) is 2. The second-order valence-electron chi connectivity index (χ2n) is 6.15. The van der Waals surface area contributed by atoms with Gasteiger partial charge in [-0.1, -0.05) is 18.2 Å². The molecule has 0 aliphatic rings. The normalized spacial score (nSPS) is 11.9. The third-order valence-electron chi connectivity index (χ3n) is 3.96. The molecule has 0 saturated heterocycles. The van der Waals surface area contributed by atoms with Crippen molar-refractivity contribution >= 4 is 17.0 Å². The molecule has 0 fully saturated rings. The zero-order valence-corrected chi connectivity index (χ0v) is 15.0. The van der Waals surface area contributed by atoms with Crippen LogP contribution < -0.4 is 4.80 Å². The molecule has 0 amide bonds. The predicted molar refractivity (Wildman–Crippen MR) is 98.3 cm³/mol. The molecule has 3 rings (SSSR count). The van der Waals surface area contributed by atoms with E-state index in [0.29, 0.717) is 0 Å². The van der Waals surface area contributed by atoms with E-state index < -0.39 is 0 Å². The molecule has 0 atom stereocenters. The predicted octanol–water partition coefficient (Wildman–Crippen LogP) is 5.09. The molecule has 1 heterocycles. The van der Waals surface area contributed by atoms with Gasteiger partial charge in [-0.15, -0.1) is 11.3 Å². The summed E-state index contributed by atoms with van der Waals surface area (Å²) < 4.78 is 15.2. The molecule has 0 bridgehead atoms. The number of benzene rings is 2. The van der Waals surface area contributed by atoms with Gasteiger partial charge in [-0.2, -0.15) is 0 Å². The fraction of sp³-hybridized carbons (Fsp3) is 0.250. The van der Waals surface area contributed by atoms with E-state index in [4.69, 9.17) is 4.99 Å². The number of rotatable bonds is 4. The van der Waals surface area contributed by atoms with E-state index in [1.807, 2.05) is 12.1 Å². The van der Waals surface area contributed by atoms with Crippen molar-refractivity contribution in [1.82, 2.24) is 4.57 Å². The lowest BCUT2D eigenvalue weighted by atomic mass is 10.1. The first-order chi connectivity index (χ1) is 11.5. The van der Waals surface area contributed by atoms with Crippen LogP contribution in [0.3, 0.4) is 0 Å². The van der Waals surface area contributed by atoms with Crippen LogP contribution in [0.1, 0.15) is 22.4 Å². The summed E-state index contributed by atoms with van der Waals surface area (Å²) in [6, 6.07) is 13.1. The van der Waals surface area contributed by atoms with Gasteiger partial charge < -0.3 is 4.57 Å². The average Bonchev–Trinajstić information content (AvgIpc) is 2.86. The van der Waals surface area contributed by atoms with Crippen LogP contribution in [-0.2, 0) is 13.0 Å². The smallest absolute Gasteiger partial charge is 0.190 e. The van der Waals surface area contributed by atoms with Gasteiger partial charge >= 0.3 is 0 Å². The molecule has 2 nitrogen and oxygen atoms in total. The Hall–Kier alpha value is -2.20. The van der Waals surface area contributed by atoms with E-state index in [2.05, 4.69) is 48.9 Å². The molecule has 0 saturated carbocycles. The molecule has 0 unspecified atom stereocenters. The molecule has 0 spiro atoms. The Morgan fingerprint density at radius 2 is 1.67 bits per heavy atom. The molecular formula is C20H21FN2S. The lowest BCUT2D eigenvalue weighted by Gasteiger charge is -2.07. The van der Waals surface area contributed by atoms with Crippen LogP contribution in [0.2, 0.25) is 0 Å². The lowest BCUT2D eigenvalue weighted by molar-refractivity contribution is 0.624. The van der Waals surface area contributed by atoms with Crippen molar-refractivity contribution in [2.75, 3.05) is 0 Å². The number of hydrogen-bond donors (Lipinski definition) is 0. The number of thiazole rings is 1. The molecule has 0 radical (unpaired) electrons. The summed E-state index contributed by atoms with van der Waals surface area (Å²) in [4.78, 5) is 5.83. The number of halogens is 1. The summed E-state index contributed by atoms with van der Waals surface area (Å²) in [7, 11) is 0. The monoisotopic (exact) mass is 340 g/mol. The van der Waals surface area contributed by atoms with Crippen LogP contribution in [0.5, 0.6) is 0 Å². The first-order valence-corrected chi connectivity index (χ1v) is 8.91. The van der Waals surface area contributed by atoms with Gasteiger partial charge in [0.05, 0.1) is 5.69 Å². The van der Waals surface area contributed by atoms with Crippen LogP contribution in [0.25, 0.3) is 0 Å². The number of aryl methyl sites for hydroxylation is 4. The number of hydrogen-bond acceptors (Lipinski definition) is 2. The van der Waals surface area contributed by atoms with Crippen molar-refractivity contribution in [1.29, 1.82) is 0 Å². The second kappa shape index (κ2) is 7.14. The maximum atomic E-state index is 13.0. The highest BCUT2D eigenvalue weighted by Crippen LogP contribution is 2.17. The molecule has 0 aliphatic carbocycles. The zero-order chi connectivity index (χ0) is 17.1. The summed E-state index contributed by atoms with van der Waals surface area (Å²) in [5.41, 5.74) is 5.77. The Kier molecular flexibility index (Phi) is 4.95. The van der Waals surface area contributed by atoms with E-state index in [1.54, 1.807) is 11.3 Å². The van der Waals surface area contributed by atoms with Gasteiger partial charge in [0.15, 0.2) is 4.80 Å². The quantitative estimate of drug-likeness (QED) is 0.629. The minimum atomic E-state index is -0.191. The van der Waals surface area contributed by atoms with Crippen molar-refractivity contribution < 1.29 is 4.39 Å². The fourth-order valence-electron chi connectivity index (χ4n) is 2.79. The van der Waals surface area contributed by atoms with E-state index in [-0.39, 0.29) is 5.82 Å². The van der Waals surface area contributed by atoms with Gasteiger partial charge in [0.2, 0.25) is 0 Å². The molecule has 0 N–H and O–H groups in total. The summed E-state index contributed by atoms with van der Waals surface area (Å²) >= 11 is 1.66. The Balaban J connectivity index is 1.88. The lowest BCUT2D eigenvalue weighted by Crippen LogP contribution is -2.17. The minimum Gasteiger partial charge on any atom is -0.321 e. The SMILES string of the molecule is Cc1cc(C)cc(N=c2scc(C)n2CCc2ccc(F)cc2)c1. The van der Waals surface area contributed by atoms with E-state index in [0.717, 1.165) is 29.0 Å². The van der Waals surface area contributed by atoms with Gasteiger partial charge in [-0.3, -0.25) is 0 Å². The first-order valence-electron chi connectivity index (χ1n) is 8.04. The topological polar surface area (TPSA) is 17.3 Å². The van der Waals surface area contributed by atoms with Crippen molar-refractivity contribution in [2.24, 2.45) is 4.99 Å². The van der Waals surface area contributed by atoms with Crippen LogP contribution in [0.15, 0.2) is 52.8 Å². The standard InChI is InChI=1S/C20H21FN2S/c1-14-10-15(2)12-19(11-14)22-20-23(16(3)13-24-20)9-8-17-4-6-18(21)7-5-17/h4-7,10-13H,8-9H2,1-3H3. The fourth-order valence-corrected chi connectivity index (χ4v) is 3.72. The van der Waals surface area contributed by atoms with Gasteiger partial charge in [-0.05, 0) is 68.1 Å². The summed E-state index contributed by atoms with van der Waals surface area (Å²) in [5, 5.41) is 2.13. The highest BCUT2D eigenvalue weighted by molar-refractivity contribution is 7.07. The molecule has 124 valence electrons. The summed E-state index contributed by atoms with van der Waals surface area (Å²) in [5.74, 6) is -0.191. The second-order valence-corrected chi connectivity index (χ2v) is 6.98. The highest BCUT2D eigenvalue weighted by atomic mass is 32.1. The van der Waals surface area contributed by atoms with Crippen molar-refractivity contribution in [3.63, 3.8) is 0 Å². The van der Waals surface area contributed by atoms with Gasteiger partial charge in [-0.25, -0.2) is 9.38 Å². The van der Waals surface area contributed by atoms with E-state index in [9.17, 15) is 4.39 Å². The highest BCUT2D eigenvalue weighted by Gasteiger charge is 2.03.